The van der Waals surface area contributed by atoms with Crippen molar-refractivity contribution in [2.24, 2.45) is 0 Å². The van der Waals surface area contributed by atoms with Gasteiger partial charge in [0.2, 0.25) is 0 Å². The number of rotatable bonds is 6. The first-order valence-corrected chi connectivity index (χ1v) is 11.9. The summed E-state index contributed by atoms with van der Waals surface area (Å²) in [6, 6.07) is 12.5. The van der Waals surface area contributed by atoms with Crippen LogP contribution in [0.3, 0.4) is 0 Å². The van der Waals surface area contributed by atoms with Gasteiger partial charge in [0.25, 0.3) is 11.8 Å². The molecule has 1 fully saturated rings. The molecule has 1 aliphatic heterocycles. The lowest BCUT2D eigenvalue weighted by atomic mass is 10.0. The first-order chi connectivity index (χ1) is 16.8. The summed E-state index contributed by atoms with van der Waals surface area (Å²) in [6.45, 7) is 5.80. The van der Waals surface area contributed by atoms with Gasteiger partial charge in [-0.25, -0.2) is 4.68 Å². The molecule has 0 radical (unpaired) electrons. The molecule has 1 aromatic heterocycles. The molecule has 2 heterocycles. The van der Waals surface area contributed by atoms with Crippen LogP contribution in [0, 0.1) is 0 Å². The molecule has 35 heavy (non-hydrogen) atoms. The van der Waals surface area contributed by atoms with Gasteiger partial charge in [0, 0.05) is 37.3 Å². The highest BCUT2D eigenvalue weighted by atomic mass is 35.5. The summed E-state index contributed by atoms with van der Waals surface area (Å²) in [6.07, 6.45) is 1.62. The quantitative estimate of drug-likeness (QED) is 0.509. The minimum Gasteiger partial charge on any atom is -0.497 e. The maximum atomic E-state index is 13.5. The molecule has 184 valence electrons. The molecule has 8 nitrogen and oxygen atoms in total. The van der Waals surface area contributed by atoms with E-state index < -0.39 is 0 Å². The third kappa shape index (κ3) is 4.98. The van der Waals surface area contributed by atoms with Gasteiger partial charge in [0.15, 0.2) is 0 Å². The van der Waals surface area contributed by atoms with Crippen molar-refractivity contribution < 1.29 is 19.1 Å². The van der Waals surface area contributed by atoms with Gasteiger partial charge in [-0.15, -0.1) is 0 Å². The van der Waals surface area contributed by atoms with Crippen molar-refractivity contribution in [2.75, 3.05) is 40.4 Å². The molecule has 0 N–H and O–H groups in total. The predicted molar refractivity (Wildman–Crippen MR) is 134 cm³/mol. The second-order valence-electron chi connectivity index (χ2n) is 8.64. The minimum atomic E-state index is -0.131. The molecule has 1 aliphatic rings. The second kappa shape index (κ2) is 10.4. The number of ether oxygens (including phenoxy) is 2. The Balaban J connectivity index is 1.50. The number of hydrogen-bond acceptors (Lipinski definition) is 5. The molecule has 0 atom stereocenters. The molecular formula is C26H29ClN4O4. The summed E-state index contributed by atoms with van der Waals surface area (Å²) < 4.78 is 12.4. The van der Waals surface area contributed by atoms with E-state index in [0.717, 1.165) is 11.4 Å². The number of nitrogens with zero attached hydrogens (tertiary/aromatic N) is 4. The summed E-state index contributed by atoms with van der Waals surface area (Å²) in [5.74, 6) is 0.932. The van der Waals surface area contributed by atoms with E-state index in [4.69, 9.17) is 21.1 Å². The zero-order valence-electron chi connectivity index (χ0n) is 20.3. The van der Waals surface area contributed by atoms with Gasteiger partial charge >= 0.3 is 0 Å². The number of aromatic nitrogens is 2. The van der Waals surface area contributed by atoms with E-state index >= 15 is 0 Å². The van der Waals surface area contributed by atoms with Gasteiger partial charge in [-0.05, 0) is 36.2 Å². The molecule has 4 rings (SSSR count). The first kappa shape index (κ1) is 24.6. The van der Waals surface area contributed by atoms with Crippen molar-refractivity contribution in [1.29, 1.82) is 0 Å². The molecule has 1 saturated heterocycles. The second-order valence-corrected chi connectivity index (χ2v) is 9.08. The van der Waals surface area contributed by atoms with E-state index in [-0.39, 0.29) is 17.7 Å². The first-order valence-electron chi connectivity index (χ1n) is 11.5. The number of halogens is 1. The number of piperazine rings is 1. The fourth-order valence-corrected chi connectivity index (χ4v) is 4.50. The van der Waals surface area contributed by atoms with Crippen molar-refractivity contribution in [3.63, 3.8) is 0 Å². The average Bonchev–Trinajstić information content (AvgIpc) is 3.33. The molecule has 0 unspecified atom stereocenters. The smallest absolute Gasteiger partial charge is 0.257 e. The largest absolute Gasteiger partial charge is 0.497 e. The Bertz CT molecular complexity index is 1230. The molecule has 2 aromatic carbocycles. The molecule has 0 aliphatic carbocycles. The monoisotopic (exact) mass is 496 g/mol. The highest BCUT2D eigenvalue weighted by Gasteiger charge is 2.30. The molecular weight excluding hydrogens is 468 g/mol. The highest BCUT2D eigenvalue weighted by molar-refractivity contribution is 6.30. The lowest BCUT2D eigenvalue weighted by Crippen LogP contribution is -2.50. The van der Waals surface area contributed by atoms with E-state index in [1.807, 2.05) is 32.0 Å². The van der Waals surface area contributed by atoms with Gasteiger partial charge in [-0.3, -0.25) is 9.59 Å². The van der Waals surface area contributed by atoms with Crippen molar-refractivity contribution in [2.45, 2.75) is 19.8 Å². The zero-order valence-corrected chi connectivity index (χ0v) is 21.1. The van der Waals surface area contributed by atoms with Crippen molar-refractivity contribution in [3.8, 4) is 17.2 Å². The zero-order chi connectivity index (χ0) is 25.1. The van der Waals surface area contributed by atoms with Crippen LogP contribution in [-0.4, -0.2) is 71.8 Å². The Labute approximate surface area is 210 Å². The number of benzene rings is 2. The number of hydrogen-bond donors (Lipinski definition) is 0. The van der Waals surface area contributed by atoms with Crippen LogP contribution in [0.1, 0.15) is 46.2 Å². The Hall–Kier alpha value is -3.52. The molecule has 3 aromatic rings. The maximum Gasteiger partial charge on any atom is 0.257 e. The summed E-state index contributed by atoms with van der Waals surface area (Å²) >= 11 is 6.17. The van der Waals surface area contributed by atoms with Crippen LogP contribution in [-0.2, 0) is 0 Å². The van der Waals surface area contributed by atoms with Crippen molar-refractivity contribution in [1.82, 2.24) is 19.6 Å². The normalized spacial score (nSPS) is 13.8. The lowest BCUT2D eigenvalue weighted by Gasteiger charge is -2.35. The lowest BCUT2D eigenvalue weighted by molar-refractivity contribution is 0.0532. The average molecular weight is 497 g/mol. The minimum absolute atomic E-state index is 0.0702. The molecule has 0 bridgehead atoms. The van der Waals surface area contributed by atoms with E-state index in [0.29, 0.717) is 53.8 Å². The van der Waals surface area contributed by atoms with E-state index in [1.165, 1.54) is 7.11 Å². The number of carbonyl (C=O) groups excluding carboxylic acids is 2. The maximum absolute atomic E-state index is 13.5. The highest BCUT2D eigenvalue weighted by Crippen LogP contribution is 2.28. The van der Waals surface area contributed by atoms with E-state index in [9.17, 15) is 9.59 Å². The molecule has 0 spiro atoms. The Morgan fingerprint density at radius 1 is 0.914 bits per heavy atom. The van der Waals surface area contributed by atoms with Gasteiger partial charge in [-0.2, -0.15) is 5.10 Å². The fraction of sp³-hybridized carbons (Fsp3) is 0.346. The SMILES string of the molecule is COc1ccc(C(=O)N2CCN(C(=O)c3cnn(-c4cccc(Cl)c4)c3C(C)C)CC2)c(OC)c1. The van der Waals surface area contributed by atoms with Crippen molar-refractivity contribution >= 4 is 23.4 Å². The third-order valence-electron chi connectivity index (χ3n) is 6.13. The summed E-state index contributed by atoms with van der Waals surface area (Å²) in [5, 5.41) is 5.11. The molecule has 9 heteroatoms. The van der Waals surface area contributed by atoms with Crippen LogP contribution < -0.4 is 9.47 Å². The van der Waals surface area contributed by atoms with Crippen LogP contribution in [0.5, 0.6) is 11.5 Å². The van der Waals surface area contributed by atoms with Crippen LogP contribution in [0.25, 0.3) is 5.69 Å². The van der Waals surface area contributed by atoms with Crippen LogP contribution in [0.2, 0.25) is 5.02 Å². The van der Waals surface area contributed by atoms with Gasteiger partial charge in [0.05, 0.1) is 42.9 Å². The predicted octanol–water partition coefficient (Wildman–Crippen LogP) is 4.26. The van der Waals surface area contributed by atoms with Crippen molar-refractivity contribution in [3.05, 3.63) is 70.5 Å². The van der Waals surface area contributed by atoms with E-state index in [2.05, 4.69) is 5.10 Å². The van der Waals surface area contributed by atoms with Crippen LogP contribution in [0.15, 0.2) is 48.7 Å². The third-order valence-corrected chi connectivity index (χ3v) is 6.36. The molecule has 0 saturated carbocycles. The fourth-order valence-electron chi connectivity index (χ4n) is 4.32. The van der Waals surface area contributed by atoms with E-state index in [1.54, 1.807) is 52.1 Å². The van der Waals surface area contributed by atoms with Gasteiger partial charge in [0.1, 0.15) is 11.5 Å². The van der Waals surface area contributed by atoms with Crippen LogP contribution >= 0.6 is 11.6 Å². The van der Waals surface area contributed by atoms with Gasteiger partial charge in [-0.1, -0.05) is 31.5 Å². The summed E-state index contributed by atoms with van der Waals surface area (Å²) in [5.41, 5.74) is 2.68. The Morgan fingerprint density at radius 3 is 2.14 bits per heavy atom. The van der Waals surface area contributed by atoms with Gasteiger partial charge < -0.3 is 19.3 Å². The number of carbonyl (C=O) groups is 2. The number of amides is 2. The standard InChI is InChI=1S/C26H29ClN4O4/c1-17(2)24-22(16-28-31(24)19-7-5-6-18(27)14-19)26(33)30-12-10-29(11-13-30)25(32)21-9-8-20(34-3)15-23(21)35-4/h5-9,14-17H,10-13H2,1-4H3. The van der Waals surface area contributed by atoms with Crippen LogP contribution in [0.4, 0.5) is 0 Å². The number of methoxy groups -OCH3 is 2. The Morgan fingerprint density at radius 2 is 1.57 bits per heavy atom. The summed E-state index contributed by atoms with van der Waals surface area (Å²) in [4.78, 5) is 30.1. The molecule has 2 amide bonds. The Kier molecular flexibility index (Phi) is 7.31. The topological polar surface area (TPSA) is 76.9 Å². The summed E-state index contributed by atoms with van der Waals surface area (Å²) in [7, 11) is 3.09.